The lowest BCUT2D eigenvalue weighted by Gasteiger charge is -2.18. The van der Waals surface area contributed by atoms with Crippen LogP contribution in [0.15, 0.2) is 48.6 Å². The summed E-state index contributed by atoms with van der Waals surface area (Å²) in [5.74, 6) is -0.877. The van der Waals surface area contributed by atoms with Crippen LogP contribution in [0.25, 0.3) is 0 Å². The van der Waals surface area contributed by atoms with Crippen molar-refractivity contribution in [1.29, 1.82) is 0 Å². The van der Waals surface area contributed by atoms with Gasteiger partial charge >= 0.3 is 17.9 Å². The maximum absolute atomic E-state index is 12.9. The summed E-state index contributed by atoms with van der Waals surface area (Å²) >= 11 is 0. The van der Waals surface area contributed by atoms with E-state index < -0.39 is 6.10 Å². The van der Waals surface area contributed by atoms with Gasteiger partial charge < -0.3 is 14.2 Å². The molecule has 0 spiro atoms. The molecule has 0 bridgehead atoms. The SMILES string of the molecule is CC/C=C\C/C=C\C/C=C\CCCCCCCC(=O)OC[C@H](COC(=O)CCCCCCCCCCC/C=C\CCCCCCCC)OC(=O)CCCCCCCCCCCCCCCCCCCC. The molecule has 0 aromatic rings. The van der Waals surface area contributed by atoms with Crippen molar-refractivity contribution in [2.24, 2.45) is 0 Å². The van der Waals surface area contributed by atoms with Crippen molar-refractivity contribution in [2.45, 2.75) is 329 Å². The number of rotatable bonds is 56. The lowest BCUT2D eigenvalue weighted by molar-refractivity contribution is -0.167. The molecule has 0 aromatic carbocycles. The van der Waals surface area contributed by atoms with E-state index in [9.17, 15) is 14.4 Å². The number of unbranched alkanes of at least 4 members (excludes halogenated alkanes) is 37. The van der Waals surface area contributed by atoms with Gasteiger partial charge in [0.1, 0.15) is 13.2 Å². The van der Waals surface area contributed by atoms with Crippen LogP contribution in [0.5, 0.6) is 0 Å². The van der Waals surface area contributed by atoms with E-state index in [1.165, 1.54) is 186 Å². The zero-order valence-electron chi connectivity index (χ0n) is 46.8. The lowest BCUT2D eigenvalue weighted by atomic mass is 10.0. The van der Waals surface area contributed by atoms with Gasteiger partial charge in [-0.05, 0) is 77.0 Å². The first-order valence-electron chi connectivity index (χ1n) is 30.6. The molecule has 1 atom stereocenters. The van der Waals surface area contributed by atoms with Crippen LogP contribution in [0.3, 0.4) is 0 Å². The Morgan fingerprint density at radius 1 is 0.300 bits per heavy atom. The van der Waals surface area contributed by atoms with Crippen molar-refractivity contribution in [3.8, 4) is 0 Å². The molecule has 0 rings (SSSR count). The Labute approximate surface area is 435 Å². The summed E-state index contributed by atoms with van der Waals surface area (Å²) in [5, 5.41) is 0. The van der Waals surface area contributed by atoms with Crippen LogP contribution in [-0.4, -0.2) is 37.2 Å². The summed E-state index contributed by atoms with van der Waals surface area (Å²) in [7, 11) is 0. The summed E-state index contributed by atoms with van der Waals surface area (Å²) < 4.78 is 16.9. The summed E-state index contributed by atoms with van der Waals surface area (Å²) in [6, 6.07) is 0. The predicted molar refractivity (Wildman–Crippen MR) is 302 cm³/mol. The third-order valence-corrected chi connectivity index (χ3v) is 13.6. The monoisotopic (exact) mass is 981 g/mol. The number of esters is 3. The summed E-state index contributed by atoms with van der Waals surface area (Å²) in [5.41, 5.74) is 0. The van der Waals surface area contributed by atoms with E-state index in [-0.39, 0.29) is 31.1 Å². The van der Waals surface area contributed by atoms with E-state index >= 15 is 0 Å². The first-order chi connectivity index (χ1) is 34.5. The van der Waals surface area contributed by atoms with Crippen LogP contribution in [0.4, 0.5) is 0 Å². The first kappa shape index (κ1) is 67.4. The maximum Gasteiger partial charge on any atom is 0.306 e. The molecule has 0 aliphatic heterocycles. The molecule has 70 heavy (non-hydrogen) atoms. The van der Waals surface area contributed by atoms with Crippen LogP contribution in [0, 0.1) is 0 Å². The Balaban J connectivity index is 4.35. The highest BCUT2D eigenvalue weighted by atomic mass is 16.6. The van der Waals surface area contributed by atoms with Crippen molar-refractivity contribution in [1.82, 2.24) is 0 Å². The van der Waals surface area contributed by atoms with Gasteiger partial charge in [0.25, 0.3) is 0 Å². The Hall–Kier alpha value is -2.63. The van der Waals surface area contributed by atoms with Gasteiger partial charge in [0.2, 0.25) is 0 Å². The van der Waals surface area contributed by atoms with Crippen LogP contribution in [0.1, 0.15) is 323 Å². The van der Waals surface area contributed by atoms with Crippen molar-refractivity contribution in [3.63, 3.8) is 0 Å². The number of ether oxygens (including phenoxy) is 3. The molecule has 0 unspecified atom stereocenters. The van der Waals surface area contributed by atoms with Crippen molar-refractivity contribution >= 4 is 17.9 Å². The van der Waals surface area contributed by atoms with E-state index in [4.69, 9.17) is 14.2 Å². The van der Waals surface area contributed by atoms with Crippen molar-refractivity contribution < 1.29 is 28.6 Å². The van der Waals surface area contributed by atoms with E-state index in [0.717, 1.165) is 96.3 Å². The standard InChI is InChI=1S/C64H116O6/c1-4-7-10-13-16-19-22-25-28-30-32-34-36-39-42-45-48-51-54-57-63(66)69-60-61(59-68-62(65)56-53-50-47-44-41-38-35-27-24-21-18-15-12-9-6-3)70-64(67)58-55-52-49-46-43-40-37-33-31-29-26-23-20-17-14-11-8-5-2/h9,12,18,21,25,27-28,35,61H,4-8,10-11,13-17,19-20,22-24,26,29-34,36-60H2,1-3H3/b12-9-,21-18-,28-25-,35-27-/t61-/m1/s1. The summed E-state index contributed by atoms with van der Waals surface area (Å²) in [6.07, 6.45) is 72.5. The normalized spacial score (nSPS) is 12.3. The minimum atomic E-state index is -0.779. The number of hydrogen-bond donors (Lipinski definition) is 0. The Morgan fingerprint density at radius 2 is 0.557 bits per heavy atom. The Kier molecular flexibility index (Phi) is 56.7. The second kappa shape index (κ2) is 58.9. The summed E-state index contributed by atoms with van der Waals surface area (Å²) in [4.78, 5) is 38.2. The molecule has 0 saturated carbocycles. The van der Waals surface area contributed by atoms with E-state index in [1.54, 1.807) is 0 Å². The van der Waals surface area contributed by atoms with Crippen LogP contribution in [0.2, 0.25) is 0 Å². The van der Waals surface area contributed by atoms with Crippen molar-refractivity contribution in [2.75, 3.05) is 13.2 Å². The number of carbonyl (C=O) groups excluding carboxylic acids is 3. The fourth-order valence-electron chi connectivity index (χ4n) is 8.98. The second-order valence-electron chi connectivity index (χ2n) is 20.6. The molecular formula is C64H116O6. The smallest absolute Gasteiger partial charge is 0.306 e. The van der Waals surface area contributed by atoms with E-state index in [2.05, 4.69) is 69.4 Å². The summed E-state index contributed by atoms with van der Waals surface area (Å²) in [6.45, 7) is 6.56. The number of allylic oxidation sites excluding steroid dienone is 8. The van der Waals surface area contributed by atoms with Gasteiger partial charge in [-0.15, -0.1) is 0 Å². The van der Waals surface area contributed by atoms with E-state index in [1.807, 2.05) is 0 Å². The molecule has 0 amide bonds. The molecule has 0 fully saturated rings. The van der Waals surface area contributed by atoms with Gasteiger partial charge in [0.05, 0.1) is 0 Å². The third-order valence-electron chi connectivity index (χ3n) is 13.6. The van der Waals surface area contributed by atoms with Gasteiger partial charge in [-0.25, -0.2) is 0 Å². The third kappa shape index (κ3) is 56.3. The van der Waals surface area contributed by atoms with Crippen LogP contribution in [-0.2, 0) is 28.6 Å². The molecule has 6 heteroatoms. The highest BCUT2D eigenvalue weighted by Gasteiger charge is 2.19. The average Bonchev–Trinajstić information content (AvgIpc) is 3.36. The molecule has 408 valence electrons. The molecule has 0 radical (unpaired) electrons. The fourth-order valence-corrected chi connectivity index (χ4v) is 8.98. The molecule has 0 aromatic heterocycles. The van der Waals surface area contributed by atoms with Gasteiger partial charge in [0, 0.05) is 19.3 Å². The zero-order valence-corrected chi connectivity index (χ0v) is 46.8. The highest BCUT2D eigenvalue weighted by molar-refractivity contribution is 5.71. The van der Waals surface area contributed by atoms with Gasteiger partial charge in [-0.1, -0.05) is 275 Å². The molecule has 6 nitrogen and oxygen atoms in total. The number of hydrogen-bond acceptors (Lipinski definition) is 6. The number of carbonyl (C=O) groups is 3. The second-order valence-corrected chi connectivity index (χ2v) is 20.6. The predicted octanol–water partition coefficient (Wildman–Crippen LogP) is 20.6. The van der Waals surface area contributed by atoms with Gasteiger partial charge in [-0.3, -0.25) is 14.4 Å². The molecule has 0 heterocycles. The minimum absolute atomic E-state index is 0.0765. The maximum atomic E-state index is 12.9. The molecular weight excluding hydrogens is 865 g/mol. The minimum Gasteiger partial charge on any atom is -0.462 e. The quantitative estimate of drug-likeness (QED) is 0.0261. The topological polar surface area (TPSA) is 78.9 Å². The largest absolute Gasteiger partial charge is 0.462 e. The van der Waals surface area contributed by atoms with Gasteiger partial charge in [-0.2, -0.15) is 0 Å². The zero-order chi connectivity index (χ0) is 50.7. The van der Waals surface area contributed by atoms with Crippen LogP contribution < -0.4 is 0 Å². The lowest BCUT2D eigenvalue weighted by Crippen LogP contribution is -2.30. The van der Waals surface area contributed by atoms with Crippen molar-refractivity contribution in [3.05, 3.63) is 48.6 Å². The molecule has 0 saturated heterocycles. The first-order valence-corrected chi connectivity index (χ1v) is 30.6. The molecule has 0 aliphatic carbocycles. The molecule has 0 N–H and O–H groups in total. The Morgan fingerprint density at radius 3 is 0.886 bits per heavy atom. The highest BCUT2D eigenvalue weighted by Crippen LogP contribution is 2.17. The fraction of sp³-hybridized carbons (Fsp3) is 0.828. The average molecular weight is 982 g/mol. The molecule has 0 aliphatic rings. The van der Waals surface area contributed by atoms with Crippen LogP contribution >= 0.6 is 0 Å². The van der Waals surface area contributed by atoms with Gasteiger partial charge in [0.15, 0.2) is 6.10 Å². The Bertz CT molecular complexity index is 1220. The van der Waals surface area contributed by atoms with E-state index in [0.29, 0.717) is 19.3 Å².